The first-order valence-corrected chi connectivity index (χ1v) is 10.2. The Morgan fingerprint density at radius 2 is 1.96 bits per heavy atom. The number of H-pyrrole nitrogens is 1. The van der Waals surface area contributed by atoms with Gasteiger partial charge < -0.3 is 15.0 Å². The highest BCUT2D eigenvalue weighted by Gasteiger charge is 2.15. The lowest BCUT2D eigenvalue weighted by molar-refractivity contribution is -0.121. The average molecular weight is 377 g/mol. The molecule has 0 spiro atoms. The van der Waals surface area contributed by atoms with Gasteiger partial charge in [0.05, 0.1) is 5.39 Å². The van der Waals surface area contributed by atoms with Crippen LogP contribution in [0.3, 0.4) is 0 Å². The van der Waals surface area contributed by atoms with Crippen LogP contribution in [0.25, 0.3) is 11.0 Å². The van der Waals surface area contributed by atoms with E-state index in [1.165, 1.54) is 19.3 Å². The van der Waals surface area contributed by atoms with E-state index in [4.69, 9.17) is 4.74 Å². The highest BCUT2D eigenvalue weighted by molar-refractivity contribution is 5.86. The lowest BCUT2D eigenvalue weighted by Crippen LogP contribution is -2.36. The highest BCUT2D eigenvalue weighted by atomic mass is 16.5. The van der Waals surface area contributed by atoms with Gasteiger partial charge >= 0.3 is 0 Å². The zero-order valence-electron chi connectivity index (χ0n) is 16.3. The molecule has 5 nitrogen and oxygen atoms in total. The Bertz CT molecular complexity index is 940. The van der Waals surface area contributed by atoms with Gasteiger partial charge in [-0.1, -0.05) is 31.4 Å². The van der Waals surface area contributed by atoms with Gasteiger partial charge in [-0.25, -0.2) is 4.98 Å². The van der Waals surface area contributed by atoms with Crippen LogP contribution in [0, 0.1) is 6.92 Å². The Morgan fingerprint density at radius 3 is 2.75 bits per heavy atom. The van der Waals surface area contributed by atoms with Gasteiger partial charge in [-0.2, -0.15) is 0 Å². The van der Waals surface area contributed by atoms with E-state index in [1.54, 1.807) is 6.20 Å². The van der Waals surface area contributed by atoms with Crippen LogP contribution < -0.4 is 10.1 Å². The fourth-order valence-corrected chi connectivity index (χ4v) is 3.92. The van der Waals surface area contributed by atoms with E-state index in [9.17, 15) is 4.79 Å². The monoisotopic (exact) mass is 377 g/mol. The van der Waals surface area contributed by atoms with Gasteiger partial charge in [-0.05, 0) is 55.5 Å². The maximum absolute atomic E-state index is 12.2. The van der Waals surface area contributed by atoms with Crippen molar-refractivity contribution < 1.29 is 9.53 Å². The molecule has 0 atom stereocenters. The molecule has 146 valence electrons. The molecule has 1 fully saturated rings. The molecule has 1 aliphatic rings. The molecule has 4 rings (SSSR count). The minimum absolute atomic E-state index is 0.161. The molecular formula is C23H27N3O2. The second-order valence-corrected chi connectivity index (χ2v) is 7.65. The molecule has 0 radical (unpaired) electrons. The predicted molar refractivity (Wildman–Crippen MR) is 111 cm³/mol. The number of nitrogens with one attached hydrogen (secondary N) is 2. The molecule has 1 aromatic carbocycles. The lowest BCUT2D eigenvalue weighted by Gasteiger charge is -2.22. The fraction of sp³-hybridized carbons (Fsp3) is 0.391. The molecule has 28 heavy (non-hydrogen) atoms. The molecule has 0 aliphatic heterocycles. The Balaban J connectivity index is 1.33. The van der Waals surface area contributed by atoms with Gasteiger partial charge in [-0.15, -0.1) is 0 Å². The zero-order chi connectivity index (χ0) is 19.3. The number of pyridine rings is 1. The number of nitrogens with zero attached hydrogens (tertiary/aromatic N) is 1. The van der Waals surface area contributed by atoms with Gasteiger partial charge in [0.2, 0.25) is 5.91 Å². The number of aryl methyl sites for hydroxylation is 2. The number of carbonyl (C=O) groups is 1. The Labute approximate surface area is 165 Å². The van der Waals surface area contributed by atoms with Crippen molar-refractivity contribution in [3.05, 3.63) is 53.9 Å². The molecule has 2 aromatic heterocycles. The predicted octanol–water partition coefficient (Wildman–Crippen LogP) is 5.05. The fourth-order valence-electron chi connectivity index (χ4n) is 3.92. The second-order valence-electron chi connectivity index (χ2n) is 7.65. The number of hydrogen-bond donors (Lipinski definition) is 2. The average Bonchev–Trinajstić information content (AvgIpc) is 3.10. The topological polar surface area (TPSA) is 67.0 Å². The van der Waals surface area contributed by atoms with E-state index in [1.807, 2.05) is 43.5 Å². The molecule has 0 bridgehead atoms. The van der Waals surface area contributed by atoms with E-state index in [2.05, 4.69) is 15.3 Å². The van der Waals surface area contributed by atoms with Crippen LogP contribution in [0.5, 0.6) is 11.5 Å². The van der Waals surface area contributed by atoms with E-state index in [0.717, 1.165) is 52.9 Å². The standard InChI is InChI=1S/C23H27N3O2/c1-16-15-25-23-22(16)20(13-14-24-23)28-19-10-7-17(8-11-19)9-12-21(27)26-18-5-3-2-4-6-18/h7-8,10-11,13-15,18H,2-6,9,12H2,1H3,(H,24,25)(H,26,27). The Kier molecular flexibility index (Phi) is 5.60. The minimum Gasteiger partial charge on any atom is -0.457 e. The SMILES string of the molecule is Cc1c[nH]c2nccc(Oc3ccc(CCC(=O)NC4CCCCC4)cc3)c12. The molecule has 3 aromatic rings. The van der Waals surface area contributed by atoms with Crippen molar-refractivity contribution in [1.29, 1.82) is 0 Å². The molecule has 2 heterocycles. The lowest BCUT2D eigenvalue weighted by atomic mass is 9.95. The Morgan fingerprint density at radius 1 is 1.18 bits per heavy atom. The summed E-state index contributed by atoms with van der Waals surface area (Å²) in [5.41, 5.74) is 3.08. The van der Waals surface area contributed by atoms with Crippen molar-refractivity contribution in [2.45, 2.75) is 57.9 Å². The summed E-state index contributed by atoms with van der Waals surface area (Å²) in [6, 6.07) is 10.3. The summed E-state index contributed by atoms with van der Waals surface area (Å²) in [7, 11) is 0. The van der Waals surface area contributed by atoms with Crippen LogP contribution in [-0.2, 0) is 11.2 Å². The second kappa shape index (κ2) is 8.46. The van der Waals surface area contributed by atoms with Gasteiger partial charge in [0.25, 0.3) is 0 Å². The summed E-state index contributed by atoms with van der Waals surface area (Å²) < 4.78 is 6.07. The summed E-state index contributed by atoms with van der Waals surface area (Å²) in [5.74, 6) is 1.74. The van der Waals surface area contributed by atoms with Crippen LogP contribution in [0.4, 0.5) is 0 Å². The van der Waals surface area contributed by atoms with Gasteiger partial charge in [-0.3, -0.25) is 4.79 Å². The third-order valence-electron chi connectivity index (χ3n) is 5.49. The molecule has 1 aliphatic carbocycles. The number of benzene rings is 1. The molecular weight excluding hydrogens is 350 g/mol. The first-order chi connectivity index (χ1) is 13.7. The van der Waals surface area contributed by atoms with Crippen molar-refractivity contribution in [2.75, 3.05) is 0 Å². The minimum atomic E-state index is 0.161. The summed E-state index contributed by atoms with van der Waals surface area (Å²) in [6.07, 6.45) is 11.0. The van der Waals surface area contributed by atoms with Crippen LogP contribution in [0.1, 0.15) is 49.7 Å². The van der Waals surface area contributed by atoms with Crippen molar-refractivity contribution in [2.24, 2.45) is 0 Å². The number of aromatic nitrogens is 2. The molecule has 2 N–H and O–H groups in total. The molecule has 5 heteroatoms. The van der Waals surface area contributed by atoms with Crippen molar-refractivity contribution in [3.8, 4) is 11.5 Å². The smallest absolute Gasteiger partial charge is 0.220 e. The van der Waals surface area contributed by atoms with Crippen molar-refractivity contribution in [1.82, 2.24) is 15.3 Å². The summed E-state index contributed by atoms with van der Waals surface area (Å²) in [4.78, 5) is 19.7. The third kappa shape index (κ3) is 4.35. The van der Waals surface area contributed by atoms with Gasteiger partial charge in [0.15, 0.2) is 0 Å². The van der Waals surface area contributed by atoms with Crippen LogP contribution in [-0.4, -0.2) is 21.9 Å². The van der Waals surface area contributed by atoms with Crippen molar-refractivity contribution in [3.63, 3.8) is 0 Å². The molecule has 1 amide bonds. The van der Waals surface area contributed by atoms with Crippen LogP contribution in [0.2, 0.25) is 0 Å². The molecule has 0 saturated heterocycles. The maximum atomic E-state index is 12.2. The first kappa shape index (κ1) is 18.5. The normalized spacial score (nSPS) is 14.9. The zero-order valence-corrected chi connectivity index (χ0v) is 16.3. The van der Waals surface area contributed by atoms with Crippen LogP contribution in [0.15, 0.2) is 42.7 Å². The van der Waals surface area contributed by atoms with Crippen molar-refractivity contribution >= 4 is 16.9 Å². The molecule has 1 saturated carbocycles. The summed E-state index contributed by atoms with van der Waals surface area (Å²) >= 11 is 0. The van der Waals surface area contributed by atoms with Gasteiger partial charge in [0.1, 0.15) is 17.1 Å². The highest BCUT2D eigenvalue weighted by Crippen LogP contribution is 2.31. The number of fused-ring (bicyclic) bond motifs is 1. The van der Waals surface area contributed by atoms with E-state index < -0.39 is 0 Å². The number of amides is 1. The van der Waals surface area contributed by atoms with E-state index in [0.29, 0.717) is 12.5 Å². The number of rotatable bonds is 6. The van der Waals surface area contributed by atoms with Crippen LogP contribution >= 0.6 is 0 Å². The number of hydrogen-bond acceptors (Lipinski definition) is 3. The quantitative estimate of drug-likeness (QED) is 0.632. The third-order valence-corrected chi connectivity index (χ3v) is 5.49. The number of ether oxygens (including phenoxy) is 1. The first-order valence-electron chi connectivity index (χ1n) is 10.2. The number of aromatic amines is 1. The summed E-state index contributed by atoms with van der Waals surface area (Å²) in [5, 5.41) is 4.19. The summed E-state index contributed by atoms with van der Waals surface area (Å²) in [6.45, 7) is 2.04. The maximum Gasteiger partial charge on any atom is 0.220 e. The van der Waals surface area contributed by atoms with E-state index in [-0.39, 0.29) is 5.91 Å². The van der Waals surface area contributed by atoms with E-state index >= 15 is 0 Å². The Hall–Kier alpha value is -2.82. The largest absolute Gasteiger partial charge is 0.457 e. The number of carbonyl (C=O) groups excluding carboxylic acids is 1. The van der Waals surface area contributed by atoms with Gasteiger partial charge in [0, 0.05) is 24.9 Å². The molecule has 0 unspecified atom stereocenters.